The first-order valence-corrected chi connectivity index (χ1v) is 6.90. The number of halogens is 3. The van der Waals surface area contributed by atoms with Gasteiger partial charge >= 0.3 is 0 Å². The lowest BCUT2D eigenvalue weighted by Gasteiger charge is -2.07. The van der Waals surface area contributed by atoms with Crippen LogP contribution >= 0.6 is 15.9 Å². The molecule has 1 aromatic carbocycles. The minimum Gasteiger partial charge on any atom is -0.395 e. The number of rotatable bonds is 3. The van der Waals surface area contributed by atoms with Crippen molar-refractivity contribution in [3.8, 4) is 0 Å². The second-order valence-corrected chi connectivity index (χ2v) is 5.61. The molecule has 0 fully saturated rings. The number of H-pyrrole nitrogens is 1. The minimum absolute atomic E-state index is 0.0291. The third-order valence-electron chi connectivity index (χ3n) is 2.88. The summed E-state index contributed by atoms with van der Waals surface area (Å²) in [5.74, 6) is -2.25. The van der Waals surface area contributed by atoms with E-state index >= 15 is 0 Å². The third-order valence-corrected chi connectivity index (χ3v) is 3.49. The van der Waals surface area contributed by atoms with Crippen LogP contribution in [0.2, 0.25) is 0 Å². The molecule has 2 aromatic rings. The monoisotopic (exact) mass is 358 g/mol. The fourth-order valence-electron chi connectivity index (χ4n) is 1.78. The zero-order valence-corrected chi connectivity index (χ0v) is 12.9. The Labute approximate surface area is 128 Å². The van der Waals surface area contributed by atoms with Crippen molar-refractivity contribution in [1.82, 2.24) is 10.2 Å². The summed E-state index contributed by atoms with van der Waals surface area (Å²) < 4.78 is 26.8. The molecule has 1 amide bonds. The normalized spacial score (nSPS) is 11.0. The zero-order chi connectivity index (χ0) is 15.7. The maximum Gasteiger partial charge on any atom is 0.278 e. The van der Waals surface area contributed by atoms with Crippen LogP contribution in [0.3, 0.4) is 0 Å². The topological polar surface area (TPSA) is 83.8 Å². The number of nitrogens with one attached hydrogen (secondary N) is 2. The predicted octanol–water partition coefficient (Wildman–Crippen LogP) is 3.41. The molecule has 4 N–H and O–H groups in total. The molecule has 0 bridgehead atoms. The number of carbonyl (C=O) groups excluding carboxylic acids is 1. The molecule has 0 spiro atoms. The molecule has 1 aromatic heterocycles. The van der Waals surface area contributed by atoms with Crippen LogP contribution in [0.1, 0.15) is 35.9 Å². The first kappa shape index (κ1) is 15.4. The van der Waals surface area contributed by atoms with Crippen LogP contribution in [0.5, 0.6) is 0 Å². The van der Waals surface area contributed by atoms with Gasteiger partial charge in [-0.3, -0.25) is 9.89 Å². The summed E-state index contributed by atoms with van der Waals surface area (Å²) in [5.41, 5.74) is 6.48. The van der Waals surface area contributed by atoms with Crippen molar-refractivity contribution in [2.75, 3.05) is 11.1 Å². The Morgan fingerprint density at radius 3 is 2.62 bits per heavy atom. The van der Waals surface area contributed by atoms with E-state index in [1.807, 2.05) is 13.8 Å². The second-order valence-electron chi connectivity index (χ2n) is 4.75. The summed E-state index contributed by atoms with van der Waals surface area (Å²) in [4.78, 5) is 12.1. The van der Waals surface area contributed by atoms with E-state index in [0.717, 1.165) is 6.07 Å². The Bertz CT molecular complexity index is 700. The molecular formula is C13H13BrF2N4O. The highest BCUT2D eigenvalue weighted by molar-refractivity contribution is 9.10. The number of nitrogen functional groups attached to an aromatic ring is 1. The lowest BCUT2D eigenvalue weighted by atomic mass is 10.1. The van der Waals surface area contributed by atoms with Gasteiger partial charge in [-0.05, 0) is 27.9 Å². The molecule has 0 unspecified atom stereocenters. The molecule has 112 valence electrons. The van der Waals surface area contributed by atoms with Crippen molar-refractivity contribution in [1.29, 1.82) is 0 Å². The summed E-state index contributed by atoms with van der Waals surface area (Å²) in [6.45, 7) is 3.78. The third kappa shape index (κ3) is 3.05. The highest BCUT2D eigenvalue weighted by Gasteiger charge is 2.20. The van der Waals surface area contributed by atoms with Crippen LogP contribution in [0, 0.1) is 11.6 Å². The highest BCUT2D eigenvalue weighted by atomic mass is 79.9. The van der Waals surface area contributed by atoms with Crippen LogP contribution in [-0.2, 0) is 0 Å². The number of amides is 1. The molecule has 0 aliphatic rings. The van der Waals surface area contributed by atoms with E-state index in [1.54, 1.807) is 0 Å². The van der Waals surface area contributed by atoms with E-state index in [0.29, 0.717) is 11.8 Å². The molecule has 8 heteroatoms. The molecule has 2 rings (SSSR count). The number of anilines is 2. The molecule has 5 nitrogen and oxygen atoms in total. The Morgan fingerprint density at radius 2 is 2.05 bits per heavy atom. The van der Waals surface area contributed by atoms with E-state index < -0.39 is 17.5 Å². The van der Waals surface area contributed by atoms with Gasteiger partial charge < -0.3 is 11.1 Å². The van der Waals surface area contributed by atoms with Crippen LogP contribution in [0.25, 0.3) is 0 Å². The molecule has 0 aliphatic heterocycles. The van der Waals surface area contributed by atoms with Gasteiger partial charge in [0.2, 0.25) is 0 Å². The van der Waals surface area contributed by atoms with Crippen LogP contribution < -0.4 is 11.1 Å². The average molecular weight is 359 g/mol. The second kappa shape index (κ2) is 5.80. The van der Waals surface area contributed by atoms with E-state index in [4.69, 9.17) is 5.73 Å². The van der Waals surface area contributed by atoms with Gasteiger partial charge in [-0.15, -0.1) is 0 Å². The standard InChI is InChI=1S/C13H13BrF2N4O/c1-5(2)11-10(17)12(20-19-11)13(21)18-9-3-6(14)7(15)4-8(9)16/h3-5H,17H2,1-2H3,(H,18,21)(H,19,20). The lowest BCUT2D eigenvalue weighted by molar-refractivity contribution is 0.102. The van der Waals surface area contributed by atoms with Crippen molar-refractivity contribution in [2.24, 2.45) is 0 Å². The Hall–Kier alpha value is -1.96. The van der Waals surface area contributed by atoms with Crippen molar-refractivity contribution in [3.05, 3.63) is 39.6 Å². The smallest absolute Gasteiger partial charge is 0.278 e. The first-order valence-electron chi connectivity index (χ1n) is 6.11. The molecule has 0 aliphatic carbocycles. The lowest BCUT2D eigenvalue weighted by Crippen LogP contribution is -2.15. The molecule has 0 saturated heterocycles. The Balaban J connectivity index is 2.29. The van der Waals surface area contributed by atoms with Gasteiger partial charge in [-0.1, -0.05) is 13.8 Å². The number of benzene rings is 1. The maximum absolute atomic E-state index is 13.6. The molecule has 1 heterocycles. The number of nitrogens with zero attached hydrogens (tertiary/aromatic N) is 1. The van der Waals surface area contributed by atoms with Gasteiger partial charge in [0.15, 0.2) is 5.69 Å². The summed E-state index contributed by atoms with van der Waals surface area (Å²) in [7, 11) is 0. The molecule has 0 radical (unpaired) electrons. The van der Waals surface area contributed by atoms with Crippen molar-refractivity contribution >= 4 is 33.2 Å². The molecule has 0 saturated carbocycles. The van der Waals surface area contributed by atoms with E-state index in [1.165, 1.54) is 0 Å². The van der Waals surface area contributed by atoms with Gasteiger partial charge in [0.25, 0.3) is 5.91 Å². The van der Waals surface area contributed by atoms with Gasteiger partial charge in [-0.2, -0.15) is 5.10 Å². The Morgan fingerprint density at radius 1 is 1.38 bits per heavy atom. The first-order chi connectivity index (χ1) is 9.81. The average Bonchev–Trinajstić information content (AvgIpc) is 2.78. The number of aromatic nitrogens is 2. The number of hydrogen-bond donors (Lipinski definition) is 3. The highest BCUT2D eigenvalue weighted by Crippen LogP contribution is 2.26. The van der Waals surface area contributed by atoms with Gasteiger partial charge in [0.05, 0.1) is 21.5 Å². The Kier molecular flexibility index (Phi) is 4.26. The van der Waals surface area contributed by atoms with Crippen LogP contribution in [0.4, 0.5) is 20.2 Å². The van der Waals surface area contributed by atoms with Gasteiger partial charge in [0, 0.05) is 6.07 Å². The fourth-order valence-corrected chi connectivity index (χ4v) is 2.12. The van der Waals surface area contributed by atoms with Gasteiger partial charge in [0.1, 0.15) is 11.6 Å². The summed E-state index contributed by atoms with van der Waals surface area (Å²) in [6.07, 6.45) is 0. The molecule has 21 heavy (non-hydrogen) atoms. The maximum atomic E-state index is 13.6. The van der Waals surface area contributed by atoms with Crippen molar-refractivity contribution < 1.29 is 13.6 Å². The number of aromatic amines is 1. The molecular weight excluding hydrogens is 346 g/mol. The minimum atomic E-state index is -0.887. The summed E-state index contributed by atoms with van der Waals surface area (Å²) in [6, 6.07) is 1.81. The number of carbonyl (C=O) groups is 1. The van der Waals surface area contributed by atoms with E-state index in [-0.39, 0.29) is 27.5 Å². The zero-order valence-electron chi connectivity index (χ0n) is 11.3. The van der Waals surface area contributed by atoms with Crippen LogP contribution in [-0.4, -0.2) is 16.1 Å². The van der Waals surface area contributed by atoms with Crippen molar-refractivity contribution in [3.63, 3.8) is 0 Å². The predicted molar refractivity (Wildman–Crippen MR) is 79.1 cm³/mol. The summed E-state index contributed by atoms with van der Waals surface area (Å²) in [5, 5.41) is 8.82. The molecule has 0 atom stereocenters. The largest absolute Gasteiger partial charge is 0.395 e. The number of hydrogen-bond acceptors (Lipinski definition) is 3. The SMILES string of the molecule is CC(C)c1[nH]nc(C(=O)Nc2cc(Br)c(F)cc2F)c1N. The van der Waals surface area contributed by atoms with E-state index in [2.05, 4.69) is 31.4 Å². The summed E-state index contributed by atoms with van der Waals surface area (Å²) >= 11 is 2.92. The number of nitrogens with two attached hydrogens (primary N) is 1. The van der Waals surface area contributed by atoms with Crippen molar-refractivity contribution in [2.45, 2.75) is 19.8 Å². The van der Waals surface area contributed by atoms with Crippen LogP contribution in [0.15, 0.2) is 16.6 Å². The fraction of sp³-hybridized carbons (Fsp3) is 0.231. The quantitative estimate of drug-likeness (QED) is 0.735. The van der Waals surface area contributed by atoms with Gasteiger partial charge in [-0.25, -0.2) is 8.78 Å². The van der Waals surface area contributed by atoms with E-state index in [9.17, 15) is 13.6 Å².